The van der Waals surface area contributed by atoms with Crippen molar-refractivity contribution in [1.29, 1.82) is 0 Å². The quantitative estimate of drug-likeness (QED) is 0.711. The first kappa shape index (κ1) is 20.4. The fourth-order valence-corrected chi connectivity index (χ4v) is 7.29. The summed E-state index contributed by atoms with van der Waals surface area (Å²) in [4.78, 5) is 24.9. The fourth-order valence-electron chi connectivity index (χ4n) is 3.86. The van der Waals surface area contributed by atoms with Gasteiger partial charge in [-0.2, -0.15) is 4.31 Å². The fraction of sp³-hybridized carbons (Fsp3) is 0.500. The summed E-state index contributed by atoms with van der Waals surface area (Å²) in [6.07, 6.45) is 6.19. The molecule has 2 fully saturated rings. The standard InChI is InChI=1S/C20H25N3O4S2/c21-18(24)16-12-17(29(26,27)23-10-4-1-5-11-23)28-20(16)22-19(25)15-7-3-2-6-14(15)13-8-9-13/h2-3,6-7,12-13,16,20H,1,4-5,8-11H2,(H2,21,24)(H,22,25). The number of nitrogens with one attached hydrogen (secondary N) is 1. The number of benzene rings is 1. The third kappa shape index (κ3) is 4.22. The Hall–Kier alpha value is -1.84. The summed E-state index contributed by atoms with van der Waals surface area (Å²) >= 11 is 0.999. The largest absolute Gasteiger partial charge is 0.369 e. The van der Waals surface area contributed by atoms with Crippen LogP contribution in [0.15, 0.2) is 34.6 Å². The van der Waals surface area contributed by atoms with Crippen LogP contribution in [0.4, 0.5) is 0 Å². The SMILES string of the molecule is NC(=O)C1C=C(S(=O)(=O)N2CCCCC2)SC1NC(=O)c1ccccc1C1CC1. The van der Waals surface area contributed by atoms with Crippen LogP contribution in [-0.2, 0) is 14.8 Å². The van der Waals surface area contributed by atoms with Gasteiger partial charge in [-0.15, -0.1) is 0 Å². The van der Waals surface area contributed by atoms with Gasteiger partial charge in [0.1, 0.15) is 4.24 Å². The van der Waals surface area contributed by atoms with Crippen molar-refractivity contribution >= 4 is 33.6 Å². The molecule has 1 aromatic rings. The van der Waals surface area contributed by atoms with Crippen molar-refractivity contribution in [3.8, 4) is 0 Å². The highest BCUT2D eigenvalue weighted by atomic mass is 32.3. The maximum absolute atomic E-state index is 13.0. The van der Waals surface area contributed by atoms with E-state index < -0.39 is 27.2 Å². The van der Waals surface area contributed by atoms with Crippen molar-refractivity contribution in [2.24, 2.45) is 11.7 Å². The van der Waals surface area contributed by atoms with Crippen LogP contribution in [0.25, 0.3) is 0 Å². The first-order valence-electron chi connectivity index (χ1n) is 9.95. The van der Waals surface area contributed by atoms with Gasteiger partial charge in [0.2, 0.25) is 15.9 Å². The molecule has 3 aliphatic rings. The summed E-state index contributed by atoms with van der Waals surface area (Å²) in [5.41, 5.74) is 7.09. The molecule has 9 heteroatoms. The molecule has 0 aromatic heterocycles. The molecular formula is C20H25N3O4S2. The molecule has 0 radical (unpaired) electrons. The van der Waals surface area contributed by atoms with E-state index in [-0.39, 0.29) is 10.1 Å². The number of piperidine rings is 1. The van der Waals surface area contributed by atoms with Crippen LogP contribution >= 0.6 is 11.8 Å². The summed E-state index contributed by atoms with van der Waals surface area (Å²) in [6, 6.07) is 7.43. The molecule has 4 rings (SSSR count). The Morgan fingerprint density at radius 2 is 1.79 bits per heavy atom. The molecule has 2 atom stereocenters. The molecule has 1 aliphatic carbocycles. The Bertz CT molecular complexity index is 950. The van der Waals surface area contributed by atoms with Crippen molar-refractivity contribution in [2.45, 2.75) is 43.4 Å². The number of amides is 2. The number of primary amides is 1. The lowest BCUT2D eigenvalue weighted by atomic mass is 10.0. The van der Waals surface area contributed by atoms with E-state index in [0.717, 1.165) is 49.4 Å². The molecule has 3 N–H and O–H groups in total. The topological polar surface area (TPSA) is 110 Å². The summed E-state index contributed by atoms with van der Waals surface area (Å²) in [7, 11) is -3.67. The van der Waals surface area contributed by atoms with Gasteiger partial charge in [-0.1, -0.05) is 36.4 Å². The van der Waals surface area contributed by atoms with E-state index in [0.29, 0.717) is 24.6 Å². The Kier molecular flexibility index (Phi) is 5.72. The second kappa shape index (κ2) is 8.12. The zero-order chi connectivity index (χ0) is 20.6. The van der Waals surface area contributed by atoms with Crippen LogP contribution in [-0.4, -0.2) is 43.0 Å². The first-order valence-corrected chi connectivity index (χ1v) is 12.3. The van der Waals surface area contributed by atoms with Gasteiger partial charge in [0.05, 0.1) is 11.3 Å². The van der Waals surface area contributed by atoms with Gasteiger partial charge in [0.25, 0.3) is 5.91 Å². The molecular weight excluding hydrogens is 410 g/mol. The Morgan fingerprint density at radius 3 is 2.45 bits per heavy atom. The molecule has 2 unspecified atom stereocenters. The van der Waals surface area contributed by atoms with E-state index in [1.165, 1.54) is 10.4 Å². The highest BCUT2D eigenvalue weighted by molar-refractivity contribution is 8.18. The van der Waals surface area contributed by atoms with Gasteiger partial charge in [-0.05, 0) is 49.3 Å². The highest BCUT2D eigenvalue weighted by Gasteiger charge is 2.41. The zero-order valence-corrected chi connectivity index (χ0v) is 17.7. The molecule has 2 aliphatic heterocycles. The third-order valence-electron chi connectivity index (χ3n) is 5.62. The Morgan fingerprint density at radius 1 is 1.10 bits per heavy atom. The van der Waals surface area contributed by atoms with Crippen molar-refractivity contribution in [3.63, 3.8) is 0 Å². The molecule has 2 amide bonds. The Labute approximate surface area is 175 Å². The Balaban J connectivity index is 1.53. The number of hydrogen-bond acceptors (Lipinski definition) is 5. The second-order valence-corrected chi connectivity index (χ2v) is 11.1. The zero-order valence-electron chi connectivity index (χ0n) is 16.0. The normalized spacial score (nSPS) is 25.4. The number of carbonyl (C=O) groups excluding carboxylic acids is 2. The number of hydrogen-bond donors (Lipinski definition) is 2. The van der Waals surface area contributed by atoms with Crippen molar-refractivity contribution in [1.82, 2.24) is 9.62 Å². The maximum atomic E-state index is 13.0. The van der Waals surface area contributed by atoms with Gasteiger partial charge in [0.15, 0.2) is 0 Å². The average Bonchev–Trinajstić information content (AvgIpc) is 3.48. The lowest BCUT2D eigenvalue weighted by Gasteiger charge is -2.26. The molecule has 29 heavy (non-hydrogen) atoms. The van der Waals surface area contributed by atoms with Gasteiger partial charge in [-0.25, -0.2) is 8.42 Å². The number of rotatable bonds is 6. The smallest absolute Gasteiger partial charge is 0.252 e. The first-order chi connectivity index (χ1) is 13.9. The maximum Gasteiger partial charge on any atom is 0.252 e. The van der Waals surface area contributed by atoms with E-state index in [1.807, 2.05) is 12.1 Å². The van der Waals surface area contributed by atoms with E-state index in [4.69, 9.17) is 5.73 Å². The van der Waals surface area contributed by atoms with Crippen LogP contribution in [0.1, 0.15) is 53.9 Å². The number of thioether (sulfide) groups is 1. The monoisotopic (exact) mass is 435 g/mol. The molecule has 1 saturated heterocycles. The number of nitrogens with two attached hydrogens (primary N) is 1. The number of sulfonamides is 1. The van der Waals surface area contributed by atoms with Crippen LogP contribution < -0.4 is 11.1 Å². The minimum absolute atomic E-state index is 0.101. The molecule has 0 spiro atoms. The molecule has 7 nitrogen and oxygen atoms in total. The minimum Gasteiger partial charge on any atom is -0.369 e. The van der Waals surface area contributed by atoms with E-state index in [1.54, 1.807) is 12.1 Å². The summed E-state index contributed by atoms with van der Waals surface area (Å²) < 4.78 is 27.5. The molecule has 156 valence electrons. The second-order valence-electron chi connectivity index (χ2n) is 7.75. The predicted octanol–water partition coefficient (Wildman–Crippen LogP) is 2.13. The van der Waals surface area contributed by atoms with Crippen LogP contribution in [0.2, 0.25) is 0 Å². The average molecular weight is 436 g/mol. The molecule has 0 bridgehead atoms. The summed E-state index contributed by atoms with van der Waals surface area (Å²) in [5.74, 6) is -1.43. The number of nitrogens with zero attached hydrogens (tertiary/aromatic N) is 1. The van der Waals surface area contributed by atoms with Gasteiger partial charge >= 0.3 is 0 Å². The summed E-state index contributed by atoms with van der Waals surface area (Å²) in [5, 5.41) is 2.11. The third-order valence-corrected chi connectivity index (χ3v) is 9.26. The molecule has 2 heterocycles. The molecule has 1 aromatic carbocycles. The molecule has 1 saturated carbocycles. The van der Waals surface area contributed by atoms with E-state index in [2.05, 4.69) is 5.32 Å². The predicted molar refractivity (Wildman–Crippen MR) is 112 cm³/mol. The van der Waals surface area contributed by atoms with Crippen molar-refractivity contribution in [3.05, 3.63) is 45.7 Å². The lowest BCUT2D eigenvalue weighted by molar-refractivity contribution is -0.120. The van der Waals surface area contributed by atoms with E-state index >= 15 is 0 Å². The van der Waals surface area contributed by atoms with Gasteiger partial charge in [0, 0.05) is 18.7 Å². The van der Waals surface area contributed by atoms with Crippen molar-refractivity contribution in [2.75, 3.05) is 13.1 Å². The van der Waals surface area contributed by atoms with Crippen molar-refractivity contribution < 1.29 is 18.0 Å². The highest BCUT2D eigenvalue weighted by Crippen LogP contribution is 2.43. The van der Waals surface area contributed by atoms with E-state index in [9.17, 15) is 18.0 Å². The van der Waals surface area contributed by atoms with Crippen LogP contribution in [0, 0.1) is 5.92 Å². The van der Waals surface area contributed by atoms with Crippen LogP contribution in [0.3, 0.4) is 0 Å². The minimum atomic E-state index is -3.67. The summed E-state index contributed by atoms with van der Waals surface area (Å²) in [6.45, 7) is 0.959. The van der Waals surface area contributed by atoms with Gasteiger partial charge in [-0.3, -0.25) is 9.59 Å². The lowest BCUT2D eigenvalue weighted by Crippen LogP contribution is -2.41. The number of carbonyl (C=O) groups is 2. The van der Waals surface area contributed by atoms with Crippen LogP contribution in [0.5, 0.6) is 0 Å². The van der Waals surface area contributed by atoms with Gasteiger partial charge < -0.3 is 11.1 Å².